The van der Waals surface area contributed by atoms with E-state index in [2.05, 4.69) is 22.6 Å². The Labute approximate surface area is 181 Å². The molecule has 0 amide bonds. The monoisotopic (exact) mass is 499 g/mol. The second-order valence-corrected chi connectivity index (χ2v) is 7.29. The zero-order valence-corrected chi connectivity index (χ0v) is 17.3. The number of aromatic carboxylic acids is 1. The van der Waals surface area contributed by atoms with Gasteiger partial charge in [-0.3, -0.25) is 0 Å². The van der Waals surface area contributed by atoms with Crippen molar-refractivity contribution in [3.63, 3.8) is 0 Å². The summed E-state index contributed by atoms with van der Waals surface area (Å²) >= 11 is 2.13. The fourth-order valence-electron chi connectivity index (χ4n) is 2.65. The topological polar surface area (TPSA) is 70.3 Å². The molecule has 29 heavy (non-hydrogen) atoms. The first-order valence-electron chi connectivity index (χ1n) is 8.59. The third-order valence-electron chi connectivity index (χ3n) is 4.15. The molecule has 0 atom stereocenters. The molecule has 0 bridgehead atoms. The van der Waals surface area contributed by atoms with E-state index < -0.39 is 11.8 Å². The average molecular weight is 499 g/mol. The molecule has 6 heteroatoms. The molecular weight excluding hydrogens is 484 g/mol. The largest absolute Gasteiger partial charge is 0.488 e. The normalized spacial score (nSPS) is 11.0. The van der Waals surface area contributed by atoms with Crippen molar-refractivity contribution in [1.29, 1.82) is 5.26 Å². The summed E-state index contributed by atoms with van der Waals surface area (Å²) in [6, 6.07) is 20.1. The molecule has 0 aliphatic carbocycles. The number of hydrogen-bond donors (Lipinski definition) is 1. The lowest BCUT2D eigenvalue weighted by atomic mass is 10.0. The zero-order valence-electron chi connectivity index (χ0n) is 15.1. The molecule has 3 aromatic rings. The van der Waals surface area contributed by atoms with Crippen LogP contribution < -0.4 is 4.74 Å². The number of hydrogen-bond acceptors (Lipinski definition) is 3. The van der Waals surface area contributed by atoms with Gasteiger partial charge in [-0.15, -0.1) is 0 Å². The number of carbonyl (C=O) groups is 1. The maximum atomic E-state index is 14.0. The Kier molecular flexibility index (Phi) is 6.62. The first-order valence-corrected chi connectivity index (χ1v) is 9.67. The van der Waals surface area contributed by atoms with Gasteiger partial charge < -0.3 is 9.84 Å². The van der Waals surface area contributed by atoms with Crippen molar-refractivity contribution in [2.75, 3.05) is 0 Å². The Morgan fingerprint density at radius 3 is 2.48 bits per heavy atom. The van der Waals surface area contributed by atoms with Gasteiger partial charge in [0.05, 0.1) is 20.8 Å². The zero-order chi connectivity index (χ0) is 20.8. The lowest BCUT2D eigenvalue weighted by molar-refractivity contribution is 0.0697. The molecule has 0 spiro atoms. The quantitative estimate of drug-likeness (QED) is 0.266. The predicted molar refractivity (Wildman–Crippen MR) is 117 cm³/mol. The van der Waals surface area contributed by atoms with E-state index >= 15 is 0 Å². The van der Waals surface area contributed by atoms with E-state index in [1.807, 2.05) is 12.1 Å². The number of allylic oxidation sites excluding steroid dienone is 1. The van der Waals surface area contributed by atoms with Gasteiger partial charge in [-0.2, -0.15) is 5.26 Å². The second kappa shape index (κ2) is 9.34. The third kappa shape index (κ3) is 5.21. The maximum absolute atomic E-state index is 14.0. The van der Waals surface area contributed by atoms with Crippen LogP contribution in [0.1, 0.15) is 27.0 Å². The lowest BCUT2D eigenvalue weighted by Crippen LogP contribution is -1.99. The maximum Gasteiger partial charge on any atom is 0.335 e. The molecule has 4 nitrogen and oxygen atoms in total. The number of halogens is 2. The van der Waals surface area contributed by atoms with Crippen molar-refractivity contribution in [1.82, 2.24) is 0 Å². The molecule has 0 aliphatic heterocycles. The Morgan fingerprint density at radius 1 is 1.14 bits per heavy atom. The summed E-state index contributed by atoms with van der Waals surface area (Å²) < 4.78 is 20.6. The number of carboxylic acids is 1. The minimum atomic E-state index is -0.970. The summed E-state index contributed by atoms with van der Waals surface area (Å²) in [5, 5.41) is 18.3. The summed E-state index contributed by atoms with van der Waals surface area (Å²) in [6.45, 7) is 0.295. The highest BCUT2D eigenvalue weighted by Gasteiger charge is 2.09. The van der Waals surface area contributed by atoms with Crippen LogP contribution >= 0.6 is 22.6 Å². The van der Waals surface area contributed by atoms with Crippen LogP contribution in [0.4, 0.5) is 4.39 Å². The summed E-state index contributed by atoms with van der Waals surface area (Å²) in [6.07, 6.45) is 1.63. The number of benzene rings is 3. The molecular formula is C23H15FINO3. The summed E-state index contributed by atoms with van der Waals surface area (Å²) in [7, 11) is 0. The number of ether oxygens (including phenoxy) is 1. The molecule has 0 unspecified atom stereocenters. The van der Waals surface area contributed by atoms with E-state index in [1.165, 1.54) is 18.2 Å². The molecule has 144 valence electrons. The summed E-state index contributed by atoms with van der Waals surface area (Å²) in [5.41, 5.74) is 2.33. The minimum absolute atomic E-state index is 0.225. The van der Waals surface area contributed by atoms with Gasteiger partial charge in [0.15, 0.2) is 0 Å². The first kappa shape index (κ1) is 20.6. The van der Waals surface area contributed by atoms with Gasteiger partial charge in [0, 0.05) is 5.56 Å². The molecule has 1 N–H and O–H groups in total. The van der Waals surface area contributed by atoms with Gasteiger partial charge >= 0.3 is 5.97 Å². The van der Waals surface area contributed by atoms with Crippen molar-refractivity contribution in [2.45, 2.75) is 6.61 Å². The minimum Gasteiger partial charge on any atom is -0.488 e. The standard InChI is InChI=1S/C23H15FINO3/c24-20-4-2-1-3-19(20)18(13-26)11-16-7-10-22(21(25)12-16)29-14-15-5-8-17(9-6-15)23(27)28/h1-12H,14H2,(H,27,28). The molecule has 0 saturated carbocycles. The van der Waals surface area contributed by atoms with E-state index in [1.54, 1.807) is 48.5 Å². The molecule has 0 aromatic heterocycles. The van der Waals surface area contributed by atoms with Crippen molar-refractivity contribution in [3.8, 4) is 11.8 Å². The van der Waals surface area contributed by atoms with E-state index in [0.717, 1.165) is 14.7 Å². The van der Waals surface area contributed by atoms with Crippen LogP contribution in [0.2, 0.25) is 0 Å². The van der Waals surface area contributed by atoms with Gasteiger partial charge in [-0.1, -0.05) is 36.4 Å². The average Bonchev–Trinajstić information content (AvgIpc) is 2.72. The number of nitrogens with zero attached hydrogens (tertiary/aromatic N) is 1. The van der Waals surface area contributed by atoms with Crippen molar-refractivity contribution in [3.05, 3.63) is 98.4 Å². The molecule has 0 saturated heterocycles. The third-order valence-corrected chi connectivity index (χ3v) is 4.99. The van der Waals surface area contributed by atoms with Crippen molar-refractivity contribution >= 4 is 40.2 Å². The van der Waals surface area contributed by atoms with Crippen molar-refractivity contribution < 1.29 is 19.0 Å². The highest BCUT2D eigenvalue weighted by molar-refractivity contribution is 14.1. The SMILES string of the molecule is N#CC(=Cc1ccc(OCc2ccc(C(=O)O)cc2)c(I)c1)c1ccccc1F. The Hall–Kier alpha value is -3.18. The molecule has 3 aromatic carbocycles. The number of carboxylic acid groups (broad SMARTS) is 1. The second-order valence-electron chi connectivity index (χ2n) is 6.13. The lowest BCUT2D eigenvalue weighted by Gasteiger charge is -2.10. The molecule has 0 heterocycles. The Balaban J connectivity index is 1.75. The van der Waals surface area contributed by atoms with Gasteiger partial charge in [0.1, 0.15) is 18.2 Å². The molecule has 0 aliphatic rings. The van der Waals surface area contributed by atoms with Crippen LogP contribution in [0.25, 0.3) is 11.6 Å². The highest BCUT2D eigenvalue weighted by Crippen LogP contribution is 2.26. The molecule has 0 fully saturated rings. The Morgan fingerprint density at radius 2 is 1.86 bits per heavy atom. The fourth-order valence-corrected chi connectivity index (χ4v) is 3.34. The van der Waals surface area contributed by atoms with Gasteiger partial charge in [-0.25, -0.2) is 9.18 Å². The van der Waals surface area contributed by atoms with Gasteiger partial charge in [-0.05, 0) is 70.1 Å². The summed E-state index contributed by atoms with van der Waals surface area (Å²) in [5.74, 6) is -0.749. The van der Waals surface area contributed by atoms with Crippen LogP contribution in [0, 0.1) is 20.7 Å². The van der Waals surface area contributed by atoms with Crippen LogP contribution in [0.15, 0.2) is 66.7 Å². The first-order chi connectivity index (χ1) is 14.0. The van der Waals surface area contributed by atoms with Crippen LogP contribution in [-0.2, 0) is 6.61 Å². The van der Waals surface area contributed by atoms with E-state index in [0.29, 0.717) is 12.4 Å². The fraction of sp³-hybridized carbons (Fsp3) is 0.0435. The van der Waals surface area contributed by atoms with Gasteiger partial charge in [0.2, 0.25) is 0 Å². The van der Waals surface area contributed by atoms with Crippen LogP contribution in [0.5, 0.6) is 5.75 Å². The van der Waals surface area contributed by atoms with E-state index in [9.17, 15) is 14.4 Å². The Bertz CT molecular complexity index is 1120. The van der Waals surface area contributed by atoms with Crippen LogP contribution in [0.3, 0.4) is 0 Å². The number of rotatable bonds is 6. The molecule has 0 radical (unpaired) electrons. The van der Waals surface area contributed by atoms with Crippen molar-refractivity contribution in [2.24, 2.45) is 0 Å². The van der Waals surface area contributed by atoms with Crippen LogP contribution in [-0.4, -0.2) is 11.1 Å². The van der Waals surface area contributed by atoms with E-state index in [-0.39, 0.29) is 16.7 Å². The molecule has 3 rings (SSSR count). The van der Waals surface area contributed by atoms with Gasteiger partial charge in [0.25, 0.3) is 0 Å². The predicted octanol–water partition coefficient (Wildman–Crippen LogP) is 5.77. The number of nitriles is 1. The summed E-state index contributed by atoms with van der Waals surface area (Å²) in [4.78, 5) is 10.9. The smallest absolute Gasteiger partial charge is 0.335 e. The van der Waals surface area contributed by atoms with E-state index in [4.69, 9.17) is 9.84 Å². The highest BCUT2D eigenvalue weighted by atomic mass is 127.